The van der Waals surface area contributed by atoms with Gasteiger partial charge in [0.2, 0.25) is 0 Å². The first-order valence-electron chi connectivity index (χ1n) is 6.16. The number of hydrogen-bond donors (Lipinski definition) is 0. The van der Waals surface area contributed by atoms with E-state index in [1.165, 1.54) is 6.08 Å². The summed E-state index contributed by atoms with van der Waals surface area (Å²) in [5, 5.41) is 0. The van der Waals surface area contributed by atoms with Crippen LogP contribution in [0.4, 0.5) is 0 Å². The van der Waals surface area contributed by atoms with E-state index >= 15 is 0 Å². The SMILES string of the molecule is C=CC(=O)OCC1CC2CC1C1COC(=O)C21. The Labute approximate surface area is 100.0 Å². The van der Waals surface area contributed by atoms with Crippen LogP contribution in [0.1, 0.15) is 12.8 Å². The summed E-state index contributed by atoms with van der Waals surface area (Å²) in [6.45, 7) is 4.41. The number of carbonyl (C=O) groups excluding carboxylic acids is 2. The van der Waals surface area contributed by atoms with Gasteiger partial charge in [-0.15, -0.1) is 0 Å². The maximum absolute atomic E-state index is 11.5. The topological polar surface area (TPSA) is 52.6 Å². The van der Waals surface area contributed by atoms with Crippen LogP contribution in [-0.4, -0.2) is 25.2 Å². The van der Waals surface area contributed by atoms with Gasteiger partial charge in [0.15, 0.2) is 0 Å². The minimum Gasteiger partial charge on any atom is -0.465 e. The lowest BCUT2D eigenvalue weighted by atomic mass is 9.76. The Morgan fingerprint density at radius 3 is 3.06 bits per heavy atom. The largest absolute Gasteiger partial charge is 0.465 e. The molecule has 2 aliphatic carbocycles. The van der Waals surface area contributed by atoms with Crippen LogP contribution in [-0.2, 0) is 19.1 Å². The van der Waals surface area contributed by atoms with Gasteiger partial charge in [-0.2, -0.15) is 0 Å². The van der Waals surface area contributed by atoms with Crippen molar-refractivity contribution in [3.05, 3.63) is 12.7 Å². The summed E-state index contributed by atoms with van der Waals surface area (Å²) in [6.07, 6.45) is 3.28. The number of hydrogen-bond acceptors (Lipinski definition) is 4. The highest BCUT2D eigenvalue weighted by Crippen LogP contribution is 2.57. The van der Waals surface area contributed by atoms with Gasteiger partial charge in [0.25, 0.3) is 0 Å². The molecule has 1 heterocycles. The lowest BCUT2D eigenvalue weighted by molar-refractivity contribution is -0.143. The highest BCUT2D eigenvalue weighted by atomic mass is 16.5. The number of carbonyl (C=O) groups is 2. The van der Waals surface area contributed by atoms with E-state index in [0.717, 1.165) is 12.8 Å². The van der Waals surface area contributed by atoms with Crippen molar-refractivity contribution in [2.75, 3.05) is 13.2 Å². The van der Waals surface area contributed by atoms with Crippen LogP contribution in [0.2, 0.25) is 0 Å². The minimum atomic E-state index is -0.358. The van der Waals surface area contributed by atoms with Gasteiger partial charge in [-0.05, 0) is 30.6 Å². The highest BCUT2D eigenvalue weighted by molar-refractivity contribution is 5.81. The predicted octanol–water partition coefficient (Wildman–Crippen LogP) is 1.16. The van der Waals surface area contributed by atoms with Gasteiger partial charge in [-0.25, -0.2) is 4.79 Å². The second-order valence-corrected chi connectivity index (χ2v) is 5.31. The van der Waals surface area contributed by atoms with Crippen molar-refractivity contribution in [2.45, 2.75) is 12.8 Å². The first-order valence-corrected chi connectivity index (χ1v) is 6.16. The third-order valence-corrected chi connectivity index (χ3v) is 4.60. The summed E-state index contributed by atoms with van der Waals surface area (Å²) in [4.78, 5) is 22.6. The lowest BCUT2D eigenvalue weighted by Gasteiger charge is -2.27. The van der Waals surface area contributed by atoms with Gasteiger partial charge in [0, 0.05) is 12.0 Å². The van der Waals surface area contributed by atoms with Crippen LogP contribution in [0.15, 0.2) is 12.7 Å². The number of rotatable bonds is 3. The van der Waals surface area contributed by atoms with E-state index in [1.54, 1.807) is 0 Å². The molecule has 0 aromatic rings. The van der Waals surface area contributed by atoms with Crippen LogP contribution in [0.3, 0.4) is 0 Å². The molecule has 92 valence electrons. The fraction of sp³-hybridized carbons (Fsp3) is 0.692. The van der Waals surface area contributed by atoms with Crippen molar-refractivity contribution >= 4 is 11.9 Å². The van der Waals surface area contributed by atoms with Gasteiger partial charge in [-0.3, -0.25) is 4.79 Å². The fourth-order valence-corrected chi connectivity index (χ4v) is 3.94. The standard InChI is InChI=1S/C13H16O4/c1-2-11(14)16-5-8-3-7-4-9(8)10-6-17-13(15)12(7)10/h2,7-10,12H,1,3-6H2. The quantitative estimate of drug-likeness (QED) is 0.545. The molecule has 0 spiro atoms. The van der Waals surface area contributed by atoms with Crippen molar-refractivity contribution in [1.82, 2.24) is 0 Å². The minimum absolute atomic E-state index is 0.0102. The molecule has 1 aliphatic heterocycles. The summed E-state index contributed by atoms with van der Waals surface area (Å²) in [7, 11) is 0. The molecule has 2 saturated carbocycles. The Balaban J connectivity index is 1.63. The molecule has 5 atom stereocenters. The molecule has 3 fully saturated rings. The van der Waals surface area contributed by atoms with E-state index in [2.05, 4.69) is 6.58 Å². The fourth-order valence-electron chi connectivity index (χ4n) is 3.94. The van der Waals surface area contributed by atoms with E-state index in [9.17, 15) is 9.59 Å². The van der Waals surface area contributed by atoms with Gasteiger partial charge in [-0.1, -0.05) is 6.58 Å². The zero-order valence-corrected chi connectivity index (χ0v) is 9.63. The van der Waals surface area contributed by atoms with Crippen molar-refractivity contribution < 1.29 is 19.1 Å². The molecule has 1 saturated heterocycles. The number of fused-ring (bicyclic) bond motifs is 5. The van der Waals surface area contributed by atoms with Crippen molar-refractivity contribution in [1.29, 1.82) is 0 Å². The smallest absolute Gasteiger partial charge is 0.330 e. The first kappa shape index (κ1) is 10.8. The predicted molar refractivity (Wildman–Crippen MR) is 58.8 cm³/mol. The summed E-state index contributed by atoms with van der Waals surface area (Å²) >= 11 is 0. The maximum Gasteiger partial charge on any atom is 0.330 e. The molecule has 3 aliphatic rings. The normalized spacial score (nSPS) is 42.1. The summed E-state index contributed by atoms with van der Waals surface area (Å²) in [5.41, 5.74) is 0. The monoisotopic (exact) mass is 236 g/mol. The maximum atomic E-state index is 11.5. The van der Waals surface area contributed by atoms with Crippen LogP contribution in [0.25, 0.3) is 0 Å². The van der Waals surface area contributed by atoms with E-state index in [1.807, 2.05) is 0 Å². The molecule has 0 N–H and O–H groups in total. The Bertz CT molecular complexity index is 376. The number of esters is 2. The summed E-state index contributed by atoms with van der Waals surface area (Å²) in [5.74, 6) is 1.48. The molecule has 4 nitrogen and oxygen atoms in total. The zero-order chi connectivity index (χ0) is 12.0. The van der Waals surface area contributed by atoms with Gasteiger partial charge in [0.1, 0.15) is 0 Å². The average molecular weight is 236 g/mol. The van der Waals surface area contributed by atoms with Gasteiger partial charge >= 0.3 is 11.9 Å². The number of ether oxygens (including phenoxy) is 2. The third kappa shape index (κ3) is 1.58. The van der Waals surface area contributed by atoms with Crippen LogP contribution in [0.5, 0.6) is 0 Å². The van der Waals surface area contributed by atoms with Crippen LogP contribution >= 0.6 is 0 Å². The lowest BCUT2D eigenvalue weighted by Crippen LogP contribution is -2.31. The van der Waals surface area contributed by atoms with E-state index in [4.69, 9.17) is 9.47 Å². The Morgan fingerprint density at radius 2 is 2.29 bits per heavy atom. The van der Waals surface area contributed by atoms with E-state index in [0.29, 0.717) is 36.9 Å². The molecule has 5 unspecified atom stereocenters. The number of cyclic esters (lactones) is 1. The average Bonchev–Trinajstić information content (AvgIpc) is 2.98. The first-order chi connectivity index (χ1) is 8.20. The third-order valence-electron chi connectivity index (χ3n) is 4.60. The van der Waals surface area contributed by atoms with Gasteiger partial charge < -0.3 is 9.47 Å². The summed E-state index contributed by atoms with van der Waals surface area (Å²) in [6, 6.07) is 0. The van der Waals surface area contributed by atoms with Gasteiger partial charge in [0.05, 0.1) is 19.1 Å². The van der Waals surface area contributed by atoms with E-state index in [-0.39, 0.29) is 17.9 Å². The molecule has 0 radical (unpaired) electrons. The van der Waals surface area contributed by atoms with Crippen LogP contribution < -0.4 is 0 Å². The second kappa shape index (κ2) is 3.86. The Kier molecular flexibility index (Phi) is 2.45. The highest BCUT2D eigenvalue weighted by Gasteiger charge is 2.58. The molecule has 0 aromatic carbocycles. The molecule has 17 heavy (non-hydrogen) atoms. The summed E-state index contributed by atoms with van der Waals surface area (Å²) < 4.78 is 10.3. The molecule has 3 rings (SSSR count). The van der Waals surface area contributed by atoms with Crippen molar-refractivity contribution in [3.8, 4) is 0 Å². The van der Waals surface area contributed by atoms with E-state index < -0.39 is 0 Å². The molecular formula is C13H16O4. The Hall–Kier alpha value is -1.32. The van der Waals surface area contributed by atoms with Crippen molar-refractivity contribution in [3.63, 3.8) is 0 Å². The zero-order valence-electron chi connectivity index (χ0n) is 9.63. The molecular weight excluding hydrogens is 220 g/mol. The molecule has 0 amide bonds. The van der Waals surface area contributed by atoms with Crippen molar-refractivity contribution in [2.24, 2.45) is 29.6 Å². The van der Waals surface area contributed by atoms with Crippen LogP contribution in [0, 0.1) is 29.6 Å². The molecule has 2 bridgehead atoms. The second-order valence-electron chi connectivity index (χ2n) is 5.31. The Morgan fingerprint density at radius 1 is 1.47 bits per heavy atom. The molecule has 0 aromatic heterocycles. The molecule has 4 heteroatoms.